The van der Waals surface area contributed by atoms with Gasteiger partial charge in [-0.25, -0.2) is 0 Å². The molecule has 0 aliphatic carbocycles. The van der Waals surface area contributed by atoms with Gasteiger partial charge in [0.25, 0.3) is 5.91 Å². The summed E-state index contributed by atoms with van der Waals surface area (Å²) in [5, 5.41) is 3.98. The molecule has 7 heteroatoms. The fourth-order valence-electron chi connectivity index (χ4n) is 2.51. The molecule has 1 aromatic carbocycles. The Kier molecular flexibility index (Phi) is 6.94. The molecule has 0 saturated carbocycles. The largest absolute Gasteiger partial charge is 0.484 e. The van der Waals surface area contributed by atoms with Crippen LogP contribution in [0.1, 0.15) is 50.4 Å². The van der Waals surface area contributed by atoms with Crippen molar-refractivity contribution in [2.45, 2.75) is 38.6 Å². The molecule has 2 N–H and O–H groups in total. The fraction of sp³-hybridized carbons (Fsp3) is 0.500. The van der Waals surface area contributed by atoms with Crippen molar-refractivity contribution in [2.24, 2.45) is 5.73 Å². The third-order valence-corrected chi connectivity index (χ3v) is 3.90. The number of nitrogens with two attached hydrogens (primary N) is 1. The van der Waals surface area contributed by atoms with E-state index >= 15 is 0 Å². The first-order valence-electron chi connectivity index (χ1n) is 8.47. The number of likely N-dealkylation sites (tertiary alicyclic amines) is 1. The molecule has 0 spiro atoms. The van der Waals surface area contributed by atoms with Crippen molar-refractivity contribution in [2.75, 3.05) is 20.2 Å². The van der Waals surface area contributed by atoms with Gasteiger partial charge in [0.15, 0.2) is 12.4 Å². The zero-order valence-electron chi connectivity index (χ0n) is 15.0. The highest BCUT2D eigenvalue weighted by molar-refractivity contribution is 5.75. The van der Waals surface area contributed by atoms with Gasteiger partial charge < -0.3 is 15.0 Å². The van der Waals surface area contributed by atoms with Gasteiger partial charge in [-0.05, 0) is 38.6 Å². The molecule has 0 unspecified atom stereocenters. The summed E-state index contributed by atoms with van der Waals surface area (Å²) < 4.78 is 10.3. The molecule has 3 rings (SSSR count). The number of benzene rings is 1. The Morgan fingerprint density at radius 3 is 2.64 bits per heavy atom. The molecule has 7 nitrogen and oxygen atoms in total. The molecule has 1 aliphatic heterocycles. The number of primary amides is 1. The van der Waals surface area contributed by atoms with E-state index in [9.17, 15) is 4.79 Å². The Bertz CT molecular complexity index is 657. The smallest absolute Gasteiger partial charge is 0.255 e. The quantitative estimate of drug-likeness (QED) is 0.894. The van der Waals surface area contributed by atoms with Gasteiger partial charge in [0.2, 0.25) is 5.89 Å². The highest BCUT2D eigenvalue weighted by Gasteiger charge is 2.27. The minimum absolute atomic E-state index is 0.0655. The molecule has 2 aromatic rings. The first-order valence-corrected chi connectivity index (χ1v) is 8.47. The van der Waals surface area contributed by atoms with Crippen molar-refractivity contribution >= 4 is 5.91 Å². The van der Waals surface area contributed by atoms with Crippen LogP contribution >= 0.6 is 0 Å². The maximum atomic E-state index is 10.3. The standard InChI is InChI=1S/C10H17N3O.C8H9NO2/c1-7(2)9-11-10(14-12-9)8-5-4-6-13(8)3;9-8(10)6-11-7-4-2-1-3-5-7/h7-8H,4-6H2,1-3H3;1-5H,6H2,(H2,9,10)/t8-;/m0./s1. The first kappa shape index (κ1) is 18.9. The Labute approximate surface area is 148 Å². The van der Waals surface area contributed by atoms with Crippen LogP contribution in [0.4, 0.5) is 0 Å². The van der Waals surface area contributed by atoms with E-state index < -0.39 is 5.91 Å². The van der Waals surface area contributed by atoms with E-state index in [-0.39, 0.29) is 6.61 Å². The van der Waals surface area contributed by atoms with Crippen molar-refractivity contribution in [1.29, 1.82) is 0 Å². The minimum Gasteiger partial charge on any atom is -0.484 e. The Morgan fingerprint density at radius 2 is 2.12 bits per heavy atom. The van der Waals surface area contributed by atoms with Crippen LogP contribution in [-0.4, -0.2) is 41.1 Å². The molecule has 1 saturated heterocycles. The van der Waals surface area contributed by atoms with Gasteiger partial charge in [0.05, 0.1) is 6.04 Å². The third-order valence-electron chi connectivity index (χ3n) is 3.90. The van der Waals surface area contributed by atoms with Crippen LogP contribution in [0.2, 0.25) is 0 Å². The van der Waals surface area contributed by atoms with Crippen LogP contribution < -0.4 is 10.5 Å². The number of para-hydroxylation sites is 1. The van der Waals surface area contributed by atoms with Gasteiger partial charge in [-0.3, -0.25) is 9.69 Å². The number of rotatable bonds is 5. The Morgan fingerprint density at radius 1 is 1.40 bits per heavy atom. The maximum absolute atomic E-state index is 10.3. The second kappa shape index (κ2) is 9.17. The average Bonchev–Trinajstić information content (AvgIpc) is 3.23. The number of carbonyl (C=O) groups is 1. The predicted octanol–water partition coefficient (Wildman–Crippen LogP) is 2.51. The molecule has 0 bridgehead atoms. The normalized spacial score (nSPS) is 17.2. The van der Waals surface area contributed by atoms with E-state index in [1.54, 1.807) is 12.1 Å². The maximum Gasteiger partial charge on any atom is 0.255 e. The fourth-order valence-corrected chi connectivity index (χ4v) is 2.51. The second-order valence-corrected chi connectivity index (χ2v) is 6.35. The van der Waals surface area contributed by atoms with Crippen molar-refractivity contribution in [3.63, 3.8) is 0 Å². The van der Waals surface area contributed by atoms with E-state index in [1.807, 2.05) is 18.2 Å². The predicted molar refractivity (Wildman–Crippen MR) is 94.1 cm³/mol. The van der Waals surface area contributed by atoms with E-state index in [2.05, 4.69) is 35.9 Å². The molecule has 1 atom stereocenters. The zero-order chi connectivity index (χ0) is 18.2. The van der Waals surface area contributed by atoms with Crippen LogP contribution in [0.5, 0.6) is 5.75 Å². The highest BCUT2D eigenvalue weighted by atomic mass is 16.5. The number of amides is 1. The number of hydrogen-bond acceptors (Lipinski definition) is 6. The molecule has 1 amide bonds. The van der Waals surface area contributed by atoms with E-state index in [1.165, 1.54) is 6.42 Å². The summed E-state index contributed by atoms with van der Waals surface area (Å²) in [7, 11) is 2.11. The molecule has 1 aromatic heterocycles. The molecule has 1 fully saturated rings. The topological polar surface area (TPSA) is 94.5 Å². The number of ether oxygens (including phenoxy) is 1. The van der Waals surface area contributed by atoms with Gasteiger partial charge in [0, 0.05) is 5.92 Å². The minimum atomic E-state index is -0.464. The molecule has 25 heavy (non-hydrogen) atoms. The number of nitrogens with zero attached hydrogens (tertiary/aromatic N) is 3. The lowest BCUT2D eigenvalue weighted by Crippen LogP contribution is -2.19. The lowest BCUT2D eigenvalue weighted by Gasteiger charge is -2.14. The number of aromatic nitrogens is 2. The Hall–Kier alpha value is -2.41. The summed E-state index contributed by atoms with van der Waals surface area (Å²) in [5.74, 6) is 2.15. The summed E-state index contributed by atoms with van der Waals surface area (Å²) in [4.78, 5) is 17.0. The van der Waals surface area contributed by atoms with Gasteiger partial charge in [0.1, 0.15) is 5.75 Å². The van der Waals surface area contributed by atoms with Gasteiger partial charge in [-0.15, -0.1) is 0 Å². The average molecular weight is 346 g/mol. The van der Waals surface area contributed by atoms with Gasteiger partial charge in [-0.1, -0.05) is 37.2 Å². The van der Waals surface area contributed by atoms with Crippen LogP contribution in [0.25, 0.3) is 0 Å². The number of carbonyl (C=O) groups excluding carboxylic acids is 1. The molecule has 136 valence electrons. The second-order valence-electron chi connectivity index (χ2n) is 6.35. The summed E-state index contributed by atoms with van der Waals surface area (Å²) in [5.41, 5.74) is 4.88. The van der Waals surface area contributed by atoms with Crippen LogP contribution in [0.3, 0.4) is 0 Å². The van der Waals surface area contributed by atoms with E-state index in [4.69, 9.17) is 15.0 Å². The van der Waals surface area contributed by atoms with Crippen LogP contribution in [0, 0.1) is 0 Å². The summed E-state index contributed by atoms with van der Waals surface area (Å²) in [6, 6.07) is 9.41. The molecule has 2 heterocycles. The Balaban J connectivity index is 0.000000186. The lowest BCUT2D eigenvalue weighted by atomic mass is 10.2. The lowest BCUT2D eigenvalue weighted by molar-refractivity contribution is -0.119. The molecule has 0 radical (unpaired) electrons. The molecular weight excluding hydrogens is 320 g/mol. The van der Waals surface area contributed by atoms with Crippen molar-refractivity contribution in [3.05, 3.63) is 42.0 Å². The molecule has 1 aliphatic rings. The molecular formula is C18H26N4O3. The van der Waals surface area contributed by atoms with Gasteiger partial charge in [-0.2, -0.15) is 4.98 Å². The third kappa shape index (κ3) is 5.86. The van der Waals surface area contributed by atoms with Gasteiger partial charge >= 0.3 is 0 Å². The van der Waals surface area contributed by atoms with Crippen molar-refractivity contribution < 1.29 is 14.1 Å². The number of hydrogen-bond donors (Lipinski definition) is 1. The SMILES string of the molecule is CC(C)c1noc([C@@H]2CCCN2C)n1.NC(=O)COc1ccccc1. The van der Waals surface area contributed by atoms with Crippen LogP contribution in [0.15, 0.2) is 34.9 Å². The van der Waals surface area contributed by atoms with E-state index in [0.717, 1.165) is 24.7 Å². The summed E-state index contributed by atoms with van der Waals surface area (Å²) in [6.07, 6.45) is 2.36. The van der Waals surface area contributed by atoms with E-state index in [0.29, 0.717) is 17.7 Å². The van der Waals surface area contributed by atoms with Crippen LogP contribution in [-0.2, 0) is 4.79 Å². The zero-order valence-corrected chi connectivity index (χ0v) is 15.0. The monoisotopic (exact) mass is 346 g/mol. The summed E-state index contributed by atoms with van der Waals surface area (Å²) in [6.45, 7) is 5.22. The van der Waals surface area contributed by atoms with Crippen molar-refractivity contribution in [1.82, 2.24) is 15.0 Å². The first-order chi connectivity index (χ1) is 12.0. The van der Waals surface area contributed by atoms with Crippen molar-refractivity contribution in [3.8, 4) is 5.75 Å². The summed E-state index contributed by atoms with van der Waals surface area (Å²) >= 11 is 0. The highest BCUT2D eigenvalue weighted by Crippen LogP contribution is 2.29.